The maximum absolute atomic E-state index is 11.7. The molecule has 0 fully saturated rings. The van der Waals surface area contributed by atoms with Crippen molar-refractivity contribution >= 4 is 5.91 Å². The van der Waals surface area contributed by atoms with Gasteiger partial charge in [-0.15, -0.1) is 10.2 Å². The second kappa shape index (κ2) is 6.30. The van der Waals surface area contributed by atoms with E-state index in [1.54, 1.807) is 30.7 Å². The Morgan fingerprint density at radius 1 is 1.23 bits per heavy atom. The van der Waals surface area contributed by atoms with E-state index in [9.17, 15) is 4.79 Å². The van der Waals surface area contributed by atoms with Crippen LogP contribution in [0.1, 0.15) is 23.8 Å². The summed E-state index contributed by atoms with van der Waals surface area (Å²) >= 11 is 0. The van der Waals surface area contributed by atoms with Crippen LogP contribution in [0.25, 0.3) is 11.5 Å². The molecule has 3 aromatic heterocycles. The highest BCUT2D eigenvalue weighted by Gasteiger charge is 2.13. The van der Waals surface area contributed by atoms with Gasteiger partial charge in [0.1, 0.15) is 11.5 Å². The van der Waals surface area contributed by atoms with E-state index < -0.39 is 0 Å². The Balaban J connectivity index is 1.50. The van der Waals surface area contributed by atoms with Crippen LogP contribution in [0.4, 0.5) is 0 Å². The Bertz CT molecular complexity index is 743. The number of hydrogen-bond acceptors (Lipinski definition) is 6. The zero-order valence-corrected chi connectivity index (χ0v) is 12.0. The van der Waals surface area contributed by atoms with Crippen molar-refractivity contribution in [3.05, 3.63) is 48.1 Å². The lowest BCUT2D eigenvalue weighted by Gasteiger charge is -2.01. The van der Waals surface area contributed by atoms with Gasteiger partial charge >= 0.3 is 0 Å². The van der Waals surface area contributed by atoms with Gasteiger partial charge in [-0.1, -0.05) is 0 Å². The highest BCUT2D eigenvalue weighted by molar-refractivity contribution is 5.75. The zero-order chi connectivity index (χ0) is 15.4. The second-order valence-corrected chi connectivity index (χ2v) is 4.75. The monoisotopic (exact) mass is 301 g/mol. The van der Waals surface area contributed by atoms with Crippen molar-refractivity contribution < 1.29 is 18.0 Å². The molecule has 3 heterocycles. The molecule has 3 aromatic rings. The van der Waals surface area contributed by atoms with Crippen LogP contribution in [0.15, 0.2) is 44.0 Å². The first-order valence-corrected chi connectivity index (χ1v) is 6.88. The summed E-state index contributed by atoms with van der Waals surface area (Å²) in [5, 5.41) is 10.7. The molecule has 1 amide bonds. The van der Waals surface area contributed by atoms with Crippen LogP contribution in [0.5, 0.6) is 0 Å². The second-order valence-electron chi connectivity index (χ2n) is 4.75. The maximum atomic E-state index is 11.7. The average Bonchev–Trinajstić information content (AvgIpc) is 3.24. The number of aryl methyl sites for hydroxylation is 2. The first-order chi connectivity index (χ1) is 10.7. The van der Waals surface area contributed by atoms with Gasteiger partial charge in [-0.2, -0.15) is 0 Å². The minimum absolute atomic E-state index is 0.101. The molecule has 0 spiro atoms. The Labute approximate surface area is 126 Å². The SMILES string of the molecule is Cc1occc1-c1nnc(CCC(=O)NCc2ccco2)o1. The van der Waals surface area contributed by atoms with E-state index in [1.807, 2.05) is 6.92 Å². The first-order valence-electron chi connectivity index (χ1n) is 6.88. The average molecular weight is 301 g/mol. The third kappa shape index (κ3) is 3.25. The number of nitrogens with zero attached hydrogens (tertiary/aromatic N) is 2. The Hall–Kier alpha value is -2.83. The summed E-state index contributed by atoms with van der Waals surface area (Å²) in [7, 11) is 0. The molecule has 0 radical (unpaired) electrons. The minimum Gasteiger partial charge on any atom is -0.469 e. The molecular formula is C15H15N3O4. The molecule has 3 rings (SSSR count). The molecule has 0 aliphatic carbocycles. The van der Waals surface area contributed by atoms with Crippen molar-refractivity contribution in [2.24, 2.45) is 0 Å². The number of aromatic nitrogens is 2. The lowest BCUT2D eigenvalue weighted by atomic mass is 10.2. The molecule has 0 bridgehead atoms. The van der Waals surface area contributed by atoms with Gasteiger partial charge < -0.3 is 18.6 Å². The highest BCUT2D eigenvalue weighted by Crippen LogP contribution is 2.22. The third-order valence-electron chi connectivity index (χ3n) is 3.16. The van der Waals surface area contributed by atoms with Crippen LogP contribution in [0.2, 0.25) is 0 Å². The Morgan fingerprint density at radius 2 is 2.14 bits per heavy atom. The van der Waals surface area contributed by atoms with E-state index in [2.05, 4.69) is 15.5 Å². The quantitative estimate of drug-likeness (QED) is 0.751. The van der Waals surface area contributed by atoms with Gasteiger partial charge in [0.05, 0.1) is 24.6 Å². The molecule has 0 unspecified atom stereocenters. The summed E-state index contributed by atoms with van der Waals surface area (Å²) in [4.78, 5) is 11.7. The molecule has 0 saturated heterocycles. The number of furan rings is 2. The topological polar surface area (TPSA) is 94.3 Å². The number of carbonyl (C=O) groups is 1. The van der Waals surface area contributed by atoms with E-state index in [4.69, 9.17) is 13.3 Å². The van der Waals surface area contributed by atoms with Crippen molar-refractivity contribution in [3.63, 3.8) is 0 Å². The fraction of sp³-hybridized carbons (Fsp3) is 0.267. The van der Waals surface area contributed by atoms with Crippen LogP contribution in [0.3, 0.4) is 0 Å². The van der Waals surface area contributed by atoms with Crippen LogP contribution in [0, 0.1) is 6.92 Å². The lowest BCUT2D eigenvalue weighted by Crippen LogP contribution is -2.22. The maximum Gasteiger partial charge on any atom is 0.251 e. The van der Waals surface area contributed by atoms with Crippen molar-refractivity contribution in [2.75, 3.05) is 0 Å². The molecule has 1 N–H and O–H groups in total. The summed E-state index contributed by atoms with van der Waals surface area (Å²) < 4.78 is 15.9. The fourth-order valence-electron chi connectivity index (χ4n) is 1.98. The summed E-state index contributed by atoms with van der Waals surface area (Å²) in [6.45, 7) is 2.19. The lowest BCUT2D eigenvalue weighted by molar-refractivity contribution is -0.121. The molecule has 7 nitrogen and oxygen atoms in total. The van der Waals surface area contributed by atoms with E-state index >= 15 is 0 Å². The van der Waals surface area contributed by atoms with Gasteiger partial charge in [-0.3, -0.25) is 4.79 Å². The predicted molar refractivity (Wildman–Crippen MR) is 75.6 cm³/mol. The molecule has 0 aliphatic rings. The summed E-state index contributed by atoms with van der Waals surface area (Å²) in [6.07, 6.45) is 3.79. The fourth-order valence-corrected chi connectivity index (χ4v) is 1.98. The summed E-state index contributed by atoms with van der Waals surface area (Å²) in [5.41, 5.74) is 0.765. The standard InChI is InChI=1S/C15H15N3O4/c1-10-12(6-8-20-10)15-18-17-14(22-15)5-4-13(19)16-9-11-3-2-7-21-11/h2-3,6-8H,4-5,9H2,1H3,(H,16,19). The smallest absolute Gasteiger partial charge is 0.251 e. The van der Waals surface area contributed by atoms with Gasteiger partial charge in [0.15, 0.2) is 0 Å². The first kappa shape index (κ1) is 14.1. The number of amides is 1. The number of hydrogen-bond donors (Lipinski definition) is 1. The van der Waals surface area contributed by atoms with Crippen molar-refractivity contribution in [1.29, 1.82) is 0 Å². The molecule has 0 aliphatic heterocycles. The van der Waals surface area contributed by atoms with Crippen LogP contribution in [-0.2, 0) is 17.8 Å². The van der Waals surface area contributed by atoms with Gasteiger partial charge in [0.2, 0.25) is 11.8 Å². The Kier molecular flexibility index (Phi) is 4.04. The third-order valence-corrected chi connectivity index (χ3v) is 3.16. The van der Waals surface area contributed by atoms with Crippen LogP contribution < -0.4 is 5.32 Å². The van der Waals surface area contributed by atoms with Gasteiger partial charge in [-0.25, -0.2) is 0 Å². The van der Waals surface area contributed by atoms with Gasteiger partial charge in [0.25, 0.3) is 5.89 Å². The number of nitrogens with one attached hydrogen (secondary N) is 1. The Morgan fingerprint density at radius 3 is 2.86 bits per heavy atom. The molecular weight excluding hydrogens is 286 g/mol. The summed E-state index contributed by atoms with van der Waals surface area (Å²) in [6, 6.07) is 5.35. The van der Waals surface area contributed by atoms with Crippen molar-refractivity contribution in [3.8, 4) is 11.5 Å². The number of carbonyl (C=O) groups excluding carboxylic acids is 1. The summed E-state index contributed by atoms with van der Waals surface area (Å²) in [5.74, 6) is 2.15. The molecule has 114 valence electrons. The number of rotatable bonds is 6. The molecule has 0 aromatic carbocycles. The highest BCUT2D eigenvalue weighted by atomic mass is 16.4. The largest absolute Gasteiger partial charge is 0.469 e. The molecule has 0 atom stereocenters. The normalized spacial score (nSPS) is 10.8. The van der Waals surface area contributed by atoms with E-state index in [-0.39, 0.29) is 12.3 Å². The van der Waals surface area contributed by atoms with E-state index in [0.717, 1.165) is 5.56 Å². The predicted octanol–water partition coefficient (Wildman–Crippen LogP) is 2.48. The van der Waals surface area contributed by atoms with Gasteiger partial charge in [0, 0.05) is 12.8 Å². The van der Waals surface area contributed by atoms with Gasteiger partial charge in [-0.05, 0) is 25.1 Å². The van der Waals surface area contributed by atoms with Crippen LogP contribution >= 0.6 is 0 Å². The molecule has 7 heteroatoms. The van der Waals surface area contributed by atoms with E-state index in [0.29, 0.717) is 36.3 Å². The molecule has 0 saturated carbocycles. The molecule has 22 heavy (non-hydrogen) atoms. The zero-order valence-electron chi connectivity index (χ0n) is 12.0. The van der Waals surface area contributed by atoms with Crippen molar-refractivity contribution in [1.82, 2.24) is 15.5 Å². The van der Waals surface area contributed by atoms with Crippen molar-refractivity contribution in [2.45, 2.75) is 26.3 Å². The van der Waals surface area contributed by atoms with Crippen LogP contribution in [-0.4, -0.2) is 16.1 Å². The minimum atomic E-state index is -0.101. The van der Waals surface area contributed by atoms with E-state index in [1.165, 1.54) is 0 Å².